The maximum Gasteiger partial charge on any atom is 0.270 e. The average Bonchev–Trinajstić information content (AvgIpc) is 3.14. The maximum absolute atomic E-state index is 13.1. The number of benzene rings is 2. The minimum atomic E-state index is -0.807. The van der Waals surface area contributed by atoms with E-state index in [0.29, 0.717) is 29.8 Å². The number of hydrogen-bond acceptors (Lipinski definition) is 5. The molecule has 1 atom stereocenters. The quantitative estimate of drug-likeness (QED) is 0.452. The van der Waals surface area contributed by atoms with Crippen molar-refractivity contribution in [2.75, 3.05) is 6.54 Å². The van der Waals surface area contributed by atoms with Crippen LogP contribution in [0.25, 0.3) is 5.69 Å². The molecule has 31 heavy (non-hydrogen) atoms. The summed E-state index contributed by atoms with van der Waals surface area (Å²) >= 11 is 0. The van der Waals surface area contributed by atoms with Gasteiger partial charge in [-0.05, 0) is 37.6 Å². The zero-order valence-electron chi connectivity index (χ0n) is 17.4. The van der Waals surface area contributed by atoms with Gasteiger partial charge in [0.2, 0.25) is 0 Å². The molecule has 0 saturated carbocycles. The first-order valence-electron chi connectivity index (χ1n) is 10.3. The first-order chi connectivity index (χ1) is 15.0. The number of nitrogens with zero attached hydrogens (tertiary/aromatic N) is 3. The van der Waals surface area contributed by atoms with Crippen LogP contribution in [0.1, 0.15) is 46.2 Å². The number of hydrogen-bond donors (Lipinski definition) is 0. The van der Waals surface area contributed by atoms with Crippen LogP contribution >= 0.6 is 0 Å². The number of ether oxygens (including phenoxy) is 1. The lowest BCUT2D eigenvalue weighted by molar-refractivity contribution is -0.135. The van der Waals surface area contributed by atoms with E-state index in [-0.39, 0.29) is 17.9 Å². The van der Waals surface area contributed by atoms with Crippen LogP contribution in [0.15, 0.2) is 60.8 Å². The number of carbonyl (C=O) groups is 3. The van der Waals surface area contributed by atoms with E-state index in [1.807, 2.05) is 37.3 Å². The van der Waals surface area contributed by atoms with E-state index in [9.17, 15) is 14.4 Å². The van der Waals surface area contributed by atoms with Crippen molar-refractivity contribution in [3.63, 3.8) is 0 Å². The summed E-state index contributed by atoms with van der Waals surface area (Å²) in [5, 5.41) is 4.32. The molecule has 0 N–H and O–H groups in total. The molecule has 0 fully saturated rings. The fraction of sp³-hybridized carbons (Fsp3) is 0.250. The minimum Gasteiger partial charge on any atom is -0.480 e. The zero-order chi connectivity index (χ0) is 22.0. The van der Waals surface area contributed by atoms with E-state index in [0.717, 1.165) is 10.6 Å². The largest absolute Gasteiger partial charge is 0.480 e. The van der Waals surface area contributed by atoms with E-state index in [4.69, 9.17) is 4.74 Å². The number of imide groups is 1. The third kappa shape index (κ3) is 3.86. The van der Waals surface area contributed by atoms with Crippen molar-refractivity contribution < 1.29 is 19.1 Å². The first kappa shape index (κ1) is 20.5. The van der Waals surface area contributed by atoms with Gasteiger partial charge in [0, 0.05) is 0 Å². The number of para-hydroxylation sites is 2. The van der Waals surface area contributed by atoms with E-state index < -0.39 is 17.9 Å². The van der Waals surface area contributed by atoms with Crippen molar-refractivity contribution >= 4 is 17.6 Å². The smallest absolute Gasteiger partial charge is 0.270 e. The van der Waals surface area contributed by atoms with Gasteiger partial charge in [-0.2, -0.15) is 5.10 Å². The van der Waals surface area contributed by atoms with E-state index in [1.54, 1.807) is 35.9 Å². The highest BCUT2D eigenvalue weighted by atomic mass is 16.5. The third-order valence-corrected chi connectivity index (χ3v) is 5.34. The molecule has 2 amide bonds. The van der Waals surface area contributed by atoms with Gasteiger partial charge in [-0.15, -0.1) is 0 Å². The van der Waals surface area contributed by atoms with Gasteiger partial charge < -0.3 is 4.74 Å². The third-order valence-electron chi connectivity index (χ3n) is 5.34. The molecular formula is C24H23N3O4. The molecule has 1 aliphatic rings. The van der Waals surface area contributed by atoms with Crippen molar-refractivity contribution in [1.82, 2.24) is 14.7 Å². The molecule has 1 aromatic heterocycles. The predicted molar refractivity (Wildman–Crippen MR) is 114 cm³/mol. The van der Waals surface area contributed by atoms with Gasteiger partial charge in [-0.1, -0.05) is 43.7 Å². The van der Waals surface area contributed by atoms with Crippen LogP contribution in [0.2, 0.25) is 0 Å². The van der Waals surface area contributed by atoms with Crippen molar-refractivity contribution in [3.8, 4) is 11.4 Å². The molecule has 7 heteroatoms. The fourth-order valence-corrected chi connectivity index (χ4v) is 3.71. The number of amides is 2. The van der Waals surface area contributed by atoms with Crippen LogP contribution in [0.5, 0.6) is 5.75 Å². The van der Waals surface area contributed by atoms with Crippen LogP contribution in [0.3, 0.4) is 0 Å². The van der Waals surface area contributed by atoms with Gasteiger partial charge in [0.15, 0.2) is 11.9 Å². The Balaban J connectivity index is 1.64. The lowest BCUT2D eigenvalue weighted by atomic mass is 10.1. The molecule has 0 spiro atoms. The second kappa shape index (κ2) is 8.55. The summed E-state index contributed by atoms with van der Waals surface area (Å²) in [4.78, 5) is 40.4. The number of fused-ring (bicyclic) bond motifs is 1. The highest BCUT2D eigenvalue weighted by Gasteiger charge is 2.37. The molecule has 0 saturated heterocycles. The van der Waals surface area contributed by atoms with E-state index >= 15 is 0 Å². The lowest BCUT2D eigenvalue weighted by Crippen LogP contribution is -2.45. The Morgan fingerprint density at radius 3 is 2.52 bits per heavy atom. The zero-order valence-corrected chi connectivity index (χ0v) is 17.4. The Morgan fingerprint density at radius 1 is 1.06 bits per heavy atom. The van der Waals surface area contributed by atoms with Crippen LogP contribution in [-0.4, -0.2) is 44.9 Å². The van der Waals surface area contributed by atoms with Crippen molar-refractivity contribution in [2.24, 2.45) is 0 Å². The van der Waals surface area contributed by atoms with Gasteiger partial charge >= 0.3 is 0 Å². The second-order valence-electron chi connectivity index (χ2n) is 7.44. The van der Waals surface area contributed by atoms with Gasteiger partial charge in [-0.3, -0.25) is 19.3 Å². The van der Waals surface area contributed by atoms with Crippen molar-refractivity contribution in [2.45, 2.75) is 32.8 Å². The fourth-order valence-electron chi connectivity index (χ4n) is 3.71. The number of carbonyl (C=O) groups excluding carboxylic acids is 3. The molecule has 0 unspecified atom stereocenters. The van der Waals surface area contributed by atoms with Crippen molar-refractivity contribution in [1.29, 1.82) is 0 Å². The molecule has 3 aromatic rings. The molecule has 2 heterocycles. The van der Waals surface area contributed by atoms with Crippen LogP contribution in [-0.2, 0) is 4.79 Å². The molecule has 0 aliphatic carbocycles. The average molecular weight is 417 g/mol. The van der Waals surface area contributed by atoms with Gasteiger partial charge in [-0.25, -0.2) is 4.68 Å². The summed E-state index contributed by atoms with van der Waals surface area (Å²) in [5.74, 6) is -1.01. The summed E-state index contributed by atoms with van der Waals surface area (Å²) in [5.41, 5.74) is 2.12. The second-order valence-corrected chi connectivity index (χ2v) is 7.44. The normalized spacial score (nSPS) is 15.9. The number of ketones is 1. The van der Waals surface area contributed by atoms with Gasteiger partial charge in [0.1, 0.15) is 5.75 Å². The SMILES string of the molecule is CCC[C@H]1Oc2ccccc2C(=O)N(CC(=O)c2cnn(-c3ccccc3)c2C)C1=O. The minimum absolute atomic E-state index is 0.277. The summed E-state index contributed by atoms with van der Waals surface area (Å²) in [6.07, 6.45) is 1.83. The Morgan fingerprint density at radius 2 is 1.77 bits per heavy atom. The van der Waals surface area contributed by atoms with Gasteiger partial charge in [0.25, 0.3) is 11.8 Å². The molecule has 0 bridgehead atoms. The Kier molecular flexibility index (Phi) is 5.66. The first-order valence-corrected chi connectivity index (χ1v) is 10.3. The molecule has 0 radical (unpaired) electrons. The summed E-state index contributed by atoms with van der Waals surface area (Å²) in [7, 11) is 0. The van der Waals surface area contributed by atoms with Crippen LogP contribution in [0, 0.1) is 6.92 Å². The lowest BCUT2D eigenvalue weighted by Gasteiger charge is -2.21. The van der Waals surface area contributed by atoms with Crippen LogP contribution in [0.4, 0.5) is 0 Å². The molecular weight excluding hydrogens is 394 g/mol. The Labute approximate surface area is 180 Å². The van der Waals surface area contributed by atoms with Crippen molar-refractivity contribution in [3.05, 3.63) is 77.6 Å². The number of rotatable bonds is 6. The number of Topliss-reactive ketones (excluding diaryl/α,β-unsaturated/α-hetero) is 1. The monoisotopic (exact) mass is 417 g/mol. The summed E-state index contributed by atoms with van der Waals surface area (Å²) in [6.45, 7) is 3.36. The molecule has 158 valence electrons. The summed E-state index contributed by atoms with van der Waals surface area (Å²) < 4.78 is 7.51. The number of aromatic nitrogens is 2. The topological polar surface area (TPSA) is 81.5 Å². The highest BCUT2D eigenvalue weighted by molar-refractivity contribution is 6.12. The van der Waals surface area contributed by atoms with E-state index in [1.165, 1.54) is 6.20 Å². The molecule has 7 nitrogen and oxygen atoms in total. The Hall–Kier alpha value is -3.74. The maximum atomic E-state index is 13.1. The Bertz CT molecular complexity index is 1140. The molecule has 2 aromatic carbocycles. The summed E-state index contributed by atoms with van der Waals surface area (Å²) in [6, 6.07) is 16.2. The van der Waals surface area contributed by atoms with E-state index in [2.05, 4.69) is 5.10 Å². The predicted octanol–water partition coefficient (Wildman–Crippen LogP) is 3.59. The van der Waals surface area contributed by atoms with Crippen LogP contribution < -0.4 is 4.74 Å². The highest BCUT2D eigenvalue weighted by Crippen LogP contribution is 2.27. The molecule has 4 rings (SSSR count). The molecule has 1 aliphatic heterocycles. The van der Waals surface area contributed by atoms with Gasteiger partial charge in [0.05, 0.1) is 35.2 Å². The standard InChI is InChI=1S/C24H23N3O4/c1-3-9-22-24(30)26(23(29)18-12-7-8-13-21(18)31-22)15-20(28)19-14-25-27(16(19)2)17-10-5-4-6-11-17/h4-8,10-14,22H,3,9,15H2,1-2H3/t22-/m1/s1.